The van der Waals surface area contributed by atoms with E-state index in [1.807, 2.05) is 7.05 Å². The van der Waals surface area contributed by atoms with Gasteiger partial charge in [-0.05, 0) is 49.4 Å². The fourth-order valence-corrected chi connectivity index (χ4v) is 3.93. The molecule has 22 heavy (non-hydrogen) atoms. The molecule has 1 heterocycles. The third-order valence-electron chi connectivity index (χ3n) is 4.75. The predicted octanol–water partition coefficient (Wildman–Crippen LogP) is 3.37. The predicted molar refractivity (Wildman–Crippen MR) is 93.3 cm³/mol. The van der Waals surface area contributed by atoms with Crippen molar-refractivity contribution < 1.29 is 0 Å². The van der Waals surface area contributed by atoms with Crippen LogP contribution in [0.4, 0.5) is 0 Å². The largest absolute Gasteiger partial charge is 0.356 e. The molecule has 2 saturated carbocycles. The normalized spacial score (nSPS) is 19.0. The summed E-state index contributed by atoms with van der Waals surface area (Å²) < 4.78 is 0. The number of aliphatic imine (C=N–C) groups is 1. The number of rotatable bonds is 7. The third kappa shape index (κ3) is 4.22. The Morgan fingerprint density at radius 1 is 1.27 bits per heavy atom. The van der Waals surface area contributed by atoms with E-state index in [9.17, 15) is 0 Å². The van der Waals surface area contributed by atoms with E-state index in [0.29, 0.717) is 5.92 Å². The fourth-order valence-electron chi connectivity index (χ4n) is 3.03. The van der Waals surface area contributed by atoms with Crippen molar-refractivity contribution in [2.75, 3.05) is 13.6 Å². The summed E-state index contributed by atoms with van der Waals surface area (Å²) in [6.07, 6.45) is 5.75. The number of hydrogen-bond donors (Lipinski definition) is 2. The lowest BCUT2D eigenvalue weighted by Crippen LogP contribution is -2.40. The van der Waals surface area contributed by atoms with E-state index in [0.717, 1.165) is 41.8 Å². The van der Waals surface area contributed by atoms with Gasteiger partial charge in [0, 0.05) is 19.0 Å². The SMILES string of the molecule is CN=C(NCc1nc(C(C)C)cs1)NCC(C1CC1)C1CC1. The van der Waals surface area contributed by atoms with E-state index >= 15 is 0 Å². The molecule has 0 amide bonds. The summed E-state index contributed by atoms with van der Waals surface area (Å²) in [5.41, 5.74) is 1.19. The monoisotopic (exact) mass is 320 g/mol. The van der Waals surface area contributed by atoms with Crippen molar-refractivity contribution in [2.24, 2.45) is 22.7 Å². The first-order chi connectivity index (χ1) is 10.7. The van der Waals surface area contributed by atoms with E-state index in [1.54, 1.807) is 11.3 Å². The van der Waals surface area contributed by atoms with Crippen LogP contribution in [-0.4, -0.2) is 24.5 Å². The minimum Gasteiger partial charge on any atom is -0.356 e. The van der Waals surface area contributed by atoms with Gasteiger partial charge in [-0.1, -0.05) is 13.8 Å². The van der Waals surface area contributed by atoms with Crippen molar-refractivity contribution in [3.63, 3.8) is 0 Å². The first-order valence-corrected chi connectivity index (χ1v) is 9.44. The second-order valence-electron chi connectivity index (χ2n) is 6.97. The first kappa shape index (κ1) is 15.8. The topological polar surface area (TPSA) is 49.3 Å². The molecule has 122 valence electrons. The number of nitrogens with one attached hydrogen (secondary N) is 2. The Balaban J connectivity index is 1.45. The van der Waals surface area contributed by atoms with Gasteiger partial charge in [-0.25, -0.2) is 4.98 Å². The van der Waals surface area contributed by atoms with E-state index in [4.69, 9.17) is 0 Å². The Kier molecular flexibility index (Phi) is 5.01. The molecule has 0 saturated heterocycles. The zero-order chi connectivity index (χ0) is 15.5. The average molecular weight is 321 g/mol. The molecule has 0 unspecified atom stereocenters. The van der Waals surface area contributed by atoms with Gasteiger partial charge in [-0.3, -0.25) is 4.99 Å². The highest BCUT2D eigenvalue weighted by molar-refractivity contribution is 7.09. The summed E-state index contributed by atoms with van der Waals surface area (Å²) in [4.78, 5) is 9.01. The van der Waals surface area contributed by atoms with Crippen molar-refractivity contribution in [3.8, 4) is 0 Å². The van der Waals surface area contributed by atoms with E-state index in [1.165, 1.54) is 31.4 Å². The van der Waals surface area contributed by atoms with E-state index in [-0.39, 0.29) is 0 Å². The molecule has 1 aromatic rings. The Morgan fingerprint density at radius 3 is 2.45 bits per heavy atom. The van der Waals surface area contributed by atoms with Gasteiger partial charge in [0.15, 0.2) is 5.96 Å². The molecule has 0 bridgehead atoms. The molecular formula is C17H28N4S. The molecule has 1 aromatic heterocycles. The number of nitrogens with zero attached hydrogens (tertiary/aromatic N) is 2. The second-order valence-corrected chi connectivity index (χ2v) is 7.91. The van der Waals surface area contributed by atoms with Crippen molar-refractivity contribution in [3.05, 3.63) is 16.1 Å². The lowest BCUT2D eigenvalue weighted by molar-refractivity contribution is 0.400. The third-order valence-corrected chi connectivity index (χ3v) is 5.62. The maximum absolute atomic E-state index is 4.66. The molecule has 4 nitrogen and oxygen atoms in total. The van der Waals surface area contributed by atoms with E-state index in [2.05, 4.69) is 39.8 Å². The van der Waals surface area contributed by atoms with Crippen LogP contribution >= 0.6 is 11.3 Å². The minimum atomic E-state index is 0.500. The van der Waals surface area contributed by atoms with Crippen LogP contribution in [0.1, 0.15) is 56.2 Å². The molecule has 3 rings (SSSR count). The molecule has 0 atom stereocenters. The molecule has 2 aliphatic rings. The maximum Gasteiger partial charge on any atom is 0.191 e. The van der Waals surface area contributed by atoms with Gasteiger partial charge < -0.3 is 10.6 Å². The first-order valence-electron chi connectivity index (χ1n) is 8.56. The van der Waals surface area contributed by atoms with Crippen LogP contribution < -0.4 is 10.6 Å². The molecule has 2 fully saturated rings. The van der Waals surface area contributed by atoms with Crippen LogP contribution in [0.2, 0.25) is 0 Å². The molecule has 0 radical (unpaired) electrons. The number of guanidine groups is 1. The standard InChI is InChI=1S/C17H28N4S/c1-11(2)15-10-22-16(21-15)9-20-17(18-3)19-8-14(12-4-5-12)13-6-7-13/h10-14H,4-9H2,1-3H3,(H2,18,19,20). The van der Waals surface area contributed by atoms with Crippen LogP contribution in [0.3, 0.4) is 0 Å². The summed E-state index contributed by atoms with van der Waals surface area (Å²) in [5.74, 6) is 4.23. The Labute approximate surface area is 137 Å². The Bertz CT molecular complexity index is 502. The van der Waals surface area contributed by atoms with Gasteiger partial charge >= 0.3 is 0 Å². The highest BCUT2D eigenvalue weighted by atomic mass is 32.1. The van der Waals surface area contributed by atoms with Crippen molar-refractivity contribution in [2.45, 2.75) is 52.0 Å². The van der Waals surface area contributed by atoms with Crippen LogP contribution in [0, 0.1) is 17.8 Å². The van der Waals surface area contributed by atoms with Gasteiger partial charge in [0.25, 0.3) is 0 Å². The molecule has 5 heteroatoms. The maximum atomic E-state index is 4.66. The van der Waals surface area contributed by atoms with Gasteiger partial charge in [-0.2, -0.15) is 0 Å². The van der Waals surface area contributed by atoms with Gasteiger partial charge in [0.1, 0.15) is 5.01 Å². The van der Waals surface area contributed by atoms with Gasteiger partial charge in [0.05, 0.1) is 12.2 Å². The molecule has 0 aliphatic heterocycles. The van der Waals surface area contributed by atoms with Gasteiger partial charge in [0.2, 0.25) is 0 Å². The molecule has 0 spiro atoms. The fraction of sp³-hybridized carbons (Fsp3) is 0.765. The Hall–Kier alpha value is -1.10. The lowest BCUT2D eigenvalue weighted by Gasteiger charge is -2.18. The summed E-state index contributed by atoms with van der Waals surface area (Å²) in [6.45, 7) is 6.20. The summed E-state index contributed by atoms with van der Waals surface area (Å²) >= 11 is 1.73. The van der Waals surface area contributed by atoms with Crippen molar-refractivity contribution in [1.82, 2.24) is 15.6 Å². The second kappa shape index (κ2) is 6.99. The Morgan fingerprint density at radius 2 is 1.95 bits per heavy atom. The van der Waals surface area contributed by atoms with Crippen molar-refractivity contribution >= 4 is 17.3 Å². The summed E-state index contributed by atoms with van der Waals surface area (Å²) in [7, 11) is 1.85. The lowest BCUT2D eigenvalue weighted by atomic mass is 9.98. The van der Waals surface area contributed by atoms with Crippen LogP contribution in [0.5, 0.6) is 0 Å². The van der Waals surface area contributed by atoms with Crippen LogP contribution in [0.25, 0.3) is 0 Å². The zero-order valence-electron chi connectivity index (χ0n) is 13.9. The van der Waals surface area contributed by atoms with Gasteiger partial charge in [-0.15, -0.1) is 11.3 Å². The average Bonchev–Trinajstić information content (AvgIpc) is 3.43. The van der Waals surface area contributed by atoms with E-state index < -0.39 is 0 Å². The molecule has 0 aromatic carbocycles. The highest BCUT2D eigenvalue weighted by Crippen LogP contribution is 2.48. The molecule has 2 aliphatic carbocycles. The molecule has 2 N–H and O–H groups in total. The summed E-state index contributed by atoms with van der Waals surface area (Å²) in [5, 5.41) is 10.2. The number of aromatic nitrogens is 1. The minimum absolute atomic E-state index is 0.500. The summed E-state index contributed by atoms with van der Waals surface area (Å²) in [6, 6.07) is 0. The van der Waals surface area contributed by atoms with Crippen LogP contribution in [-0.2, 0) is 6.54 Å². The zero-order valence-corrected chi connectivity index (χ0v) is 14.7. The smallest absolute Gasteiger partial charge is 0.191 e. The molecular weight excluding hydrogens is 292 g/mol. The quantitative estimate of drug-likeness (QED) is 0.598. The van der Waals surface area contributed by atoms with Crippen molar-refractivity contribution in [1.29, 1.82) is 0 Å². The number of hydrogen-bond acceptors (Lipinski definition) is 3. The van der Waals surface area contributed by atoms with Crippen LogP contribution in [0.15, 0.2) is 10.4 Å². The highest BCUT2D eigenvalue weighted by Gasteiger charge is 2.41. The number of thiazole rings is 1.